The fourth-order valence-corrected chi connectivity index (χ4v) is 0.848. The van der Waals surface area contributed by atoms with Crippen LogP contribution in [0.4, 0.5) is 10.1 Å². The highest BCUT2D eigenvalue weighted by molar-refractivity contribution is 5.73. The number of carbonyl (C=O) groups is 1. The van der Waals surface area contributed by atoms with E-state index < -0.39 is 22.8 Å². The van der Waals surface area contributed by atoms with E-state index in [1.54, 1.807) is 13.8 Å². The molecule has 1 atom stereocenters. The smallest absolute Gasteiger partial charge is 0.320 e. The Kier molecular flexibility index (Phi) is 6.51. The molecule has 0 fully saturated rings. The van der Waals surface area contributed by atoms with Crippen LogP contribution in [-0.2, 0) is 4.79 Å². The number of nitro benzene ring substituents is 1. The second-order valence-electron chi connectivity index (χ2n) is 3.84. The molecule has 0 radical (unpaired) electrons. The predicted octanol–water partition coefficient (Wildman–Crippen LogP) is 1.79. The zero-order valence-electron chi connectivity index (χ0n) is 10.0. The molecule has 3 N–H and O–H groups in total. The molecule has 0 bridgehead atoms. The minimum Gasteiger partial charge on any atom is -0.480 e. The summed E-state index contributed by atoms with van der Waals surface area (Å²) in [5.41, 5.74) is 5.06. The Bertz CT molecular complexity index is 406. The van der Waals surface area contributed by atoms with E-state index in [9.17, 15) is 19.3 Å². The lowest BCUT2D eigenvalue weighted by atomic mass is 10.1. The number of nitrogens with zero attached hydrogens (tertiary/aromatic N) is 1. The van der Waals surface area contributed by atoms with Crippen LogP contribution in [0.5, 0.6) is 0 Å². The van der Waals surface area contributed by atoms with Crippen LogP contribution in [0, 0.1) is 21.8 Å². The van der Waals surface area contributed by atoms with E-state index in [0.717, 1.165) is 24.3 Å². The van der Waals surface area contributed by atoms with E-state index >= 15 is 0 Å². The average molecular weight is 258 g/mol. The molecule has 0 aromatic heterocycles. The first-order valence-electron chi connectivity index (χ1n) is 5.14. The third kappa shape index (κ3) is 5.90. The molecule has 18 heavy (non-hydrogen) atoms. The third-order valence-electron chi connectivity index (χ3n) is 2.04. The van der Waals surface area contributed by atoms with Crippen LogP contribution >= 0.6 is 0 Å². The second kappa shape index (κ2) is 7.33. The van der Waals surface area contributed by atoms with Crippen molar-refractivity contribution in [1.82, 2.24) is 0 Å². The summed E-state index contributed by atoms with van der Waals surface area (Å²) in [4.78, 5) is 19.4. The fraction of sp³-hybridized carbons (Fsp3) is 0.364. The number of benzene rings is 1. The first-order chi connectivity index (χ1) is 8.25. The number of nitro groups is 1. The summed E-state index contributed by atoms with van der Waals surface area (Å²) >= 11 is 0. The Morgan fingerprint density at radius 2 is 1.83 bits per heavy atom. The van der Waals surface area contributed by atoms with Gasteiger partial charge in [0.2, 0.25) is 0 Å². The lowest BCUT2D eigenvalue weighted by Gasteiger charge is -2.07. The van der Waals surface area contributed by atoms with Gasteiger partial charge in [-0.05, 0) is 18.1 Å². The van der Waals surface area contributed by atoms with Crippen LogP contribution < -0.4 is 5.73 Å². The average Bonchev–Trinajstić information content (AvgIpc) is 2.29. The summed E-state index contributed by atoms with van der Waals surface area (Å²) in [6, 6.07) is 3.64. The Labute approximate surface area is 103 Å². The number of carboxylic acid groups (broad SMARTS) is 1. The van der Waals surface area contributed by atoms with Crippen molar-refractivity contribution in [1.29, 1.82) is 0 Å². The SMILES string of the molecule is CC(C)[C@H](N)C(=O)O.O=[N+]([O-])c1ccc(F)cc1. The van der Waals surface area contributed by atoms with Crippen molar-refractivity contribution < 1.29 is 19.2 Å². The highest BCUT2D eigenvalue weighted by Crippen LogP contribution is 2.09. The number of hydrogen-bond acceptors (Lipinski definition) is 4. The summed E-state index contributed by atoms with van der Waals surface area (Å²) in [7, 11) is 0. The first-order valence-corrected chi connectivity index (χ1v) is 5.14. The number of halogens is 1. The van der Waals surface area contributed by atoms with Crippen LogP contribution in [0.3, 0.4) is 0 Å². The minimum absolute atomic E-state index is 0.0208. The zero-order valence-corrected chi connectivity index (χ0v) is 10.0. The first kappa shape index (κ1) is 16.0. The van der Waals surface area contributed by atoms with Gasteiger partial charge >= 0.3 is 5.97 Å². The van der Waals surface area contributed by atoms with Crippen molar-refractivity contribution in [3.63, 3.8) is 0 Å². The van der Waals surface area contributed by atoms with E-state index in [-0.39, 0.29) is 11.6 Å². The molecular weight excluding hydrogens is 243 g/mol. The Balaban J connectivity index is 0.000000331. The number of rotatable bonds is 3. The monoisotopic (exact) mass is 258 g/mol. The normalized spacial score (nSPS) is 11.4. The molecule has 1 aromatic rings. The van der Waals surface area contributed by atoms with Gasteiger partial charge in [0.15, 0.2) is 0 Å². The third-order valence-corrected chi connectivity index (χ3v) is 2.04. The zero-order chi connectivity index (χ0) is 14.3. The van der Waals surface area contributed by atoms with Gasteiger partial charge in [0.25, 0.3) is 5.69 Å². The molecule has 0 aliphatic rings. The van der Waals surface area contributed by atoms with Gasteiger partial charge in [-0.25, -0.2) is 4.39 Å². The van der Waals surface area contributed by atoms with Crippen LogP contribution in [0.1, 0.15) is 13.8 Å². The molecule has 0 unspecified atom stereocenters. The molecule has 0 saturated carbocycles. The van der Waals surface area contributed by atoms with Crippen molar-refractivity contribution in [3.8, 4) is 0 Å². The standard InChI is InChI=1S/C6H4FNO2.C5H11NO2/c7-5-1-3-6(4-2-5)8(9)10;1-3(2)4(6)5(7)8/h1-4H;3-4H,6H2,1-2H3,(H,7,8)/t;4-/m.0/s1. The Morgan fingerprint density at radius 1 is 1.39 bits per heavy atom. The van der Waals surface area contributed by atoms with Crippen LogP contribution in [0.2, 0.25) is 0 Å². The van der Waals surface area contributed by atoms with E-state index in [1.807, 2.05) is 0 Å². The molecule has 1 rings (SSSR count). The summed E-state index contributed by atoms with van der Waals surface area (Å²) < 4.78 is 12.1. The largest absolute Gasteiger partial charge is 0.480 e. The molecule has 0 spiro atoms. The van der Waals surface area contributed by atoms with Gasteiger partial charge in [0.05, 0.1) is 4.92 Å². The maximum absolute atomic E-state index is 12.1. The highest BCUT2D eigenvalue weighted by Gasteiger charge is 2.14. The molecule has 6 nitrogen and oxygen atoms in total. The van der Waals surface area contributed by atoms with Gasteiger partial charge in [0, 0.05) is 12.1 Å². The van der Waals surface area contributed by atoms with Crippen molar-refractivity contribution in [2.24, 2.45) is 11.7 Å². The van der Waals surface area contributed by atoms with Gasteiger partial charge in [-0.15, -0.1) is 0 Å². The topological polar surface area (TPSA) is 106 Å². The number of hydrogen-bond donors (Lipinski definition) is 2. The summed E-state index contributed by atoms with van der Waals surface area (Å²) in [5.74, 6) is -1.38. The predicted molar refractivity (Wildman–Crippen MR) is 63.5 cm³/mol. The summed E-state index contributed by atoms with van der Waals surface area (Å²) in [6.45, 7) is 3.55. The van der Waals surface area contributed by atoms with E-state index in [2.05, 4.69) is 0 Å². The molecular formula is C11H15FN2O4. The molecule has 0 heterocycles. The maximum Gasteiger partial charge on any atom is 0.320 e. The Hall–Kier alpha value is -2.02. The van der Waals surface area contributed by atoms with E-state index in [4.69, 9.17) is 10.8 Å². The Morgan fingerprint density at radius 3 is 2.06 bits per heavy atom. The summed E-state index contributed by atoms with van der Waals surface area (Å²) in [6.07, 6.45) is 0. The lowest BCUT2D eigenvalue weighted by molar-refractivity contribution is -0.384. The number of nitrogens with two attached hydrogens (primary N) is 1. The second-order valence-corrected chi connectivity index (χ2v) is 3.84. The minimum atomic E-state index is -0.931. The van der Waals surface area contributed by atoms with Gasteiger partial charge in [0.1, 0.15) is 11.9 Å². The number of non-ortho nitro benzene ring substituents is 1. The molecule has 7 heteroatoms. The molecule has 0 aliphatic heterocycles. The van der Waals surface area contributed by atoms with E-state index in [0.29, 0.717) is 0 Å². The number of carboxylic acids is 1. The molecule has 0 amide bonds. The van der Waals surface area contributed by atoms with Crippen molar-refractivity contribution in [3.05, 3.63) is 40.2 Å². The maximum atomic E-state index is 12.1. The molecule has 0 aliphatic carbocycles. The van der Waals surface area contributed by atoms with Gasteiger partial charge in [-0.1, -0.05) is 13.8 Å². The molecule has 1 aromatic carbocycles. The summed E-state index contributed by atoms with van der Waals surface area (Å²) in [5, 5.41) is 18.2. The van der Waals surface area contributed by atoms with Crippen LogP contribution in [0.15, 0.2) is 24.3 Å². The van der Waals surface area contributed by atoms with Gasteiger partial charge in [-0.3, -0.25) is 14.9 Å². The van der Waals surface area contributed by atoms with Gasteiger partial charge in [-0.2, -0.15) is 0 Å². The van der Waals surface area contributed by atoms with Gasteiger partial charge < -0.3 is 10.8 Å². The van der Waals surface area contributed by atoms with Crippen LogP contribution in [0.25, 0.3) is 0 Å². The lowest BCUT2D eigenvalue weighted by Crippen LogP contribution is -2.34. The van der Waals surface area contributed by atoms with Crippen LogP contribution in [-0.4, -0.2) is 22.0 Å². The van der Waals surface area contributed by atoms with E-state index in [1.165, 1.54) is 0 Å². The highest BCUT2D eigenvalue weighted by atomic mass is 19.1. The quantitative estimate of drug-likeness (QED) is 0.635. The van der Waals surface area contributed by atoms with Crippen molar-refractivity contribution >= 4 is 11.7 Å². The molecule has 0 saturated heterocycles. The van der Waals surface area contributed by atoms with Crippen molar-refractivity contribution in [2.75, 3.05) is 0 Å². The van der Waals surface area contributed by atoms with Crippen molar-refractivity contribution in [2.45, 2.75) is 19.9 Å². The fourth-order valence-electron chi connectivity index (χ4n) is 0.848. The molecule has 100 valence electrons. The number of aliphatic carboxylic acids is 1.